The highest BCUT2D eigenvalue weighted by atomic mass is 35.5. The molecule has 9 nitrogen and oxygen atoms in total. The number of alkyl halides is 2. The molecule has 1 saturated carbocycles. The molecule has 3 fully saturated rings. The number of carbonyl (C=O) groups excluding carboxylic acids is 4. The number of amides is 3. The molecule has 38 heavy (non-hydrogen) atoms. The highest BCUT2D eigenvalue weighted by Gasteiger charge is 2.62. The highest BCUT2D eigenvalue weighted by Crippen LogP contribution is 2.58. The Kier molecular flexibility index (Phi) is 6.83. The van der Waals surface area contributed by atoms with Crippen LogP contribution in [0.4, 0.5) is 8.78 Å². The number of esters is 1. The summed E-state index contributed by atoms with van der Waals surface area (Å²) in [6.07, 6.45) is 0.538. The van der Waals surface area contributed by atoms with E-state index in [0.29, 0.717) is 28.9 Å². The lowest BCUT2D eigenvalue weighted by Crippen LogP contribution is -2.52. The zero-order valence-electron chi connectivity index (χ0n) is 20.8. The van der Waals surface area contributed by atoms with Gasteiger partial charge in [0.05, 0.1) is 17.6 Å². The number of nitrogens with zero attached hydrogens (tertiary/aromatic N) is 1. The number of methoxy groups -OCH3 is 1. The molecule has 5 rings (SSSR count). The number of halogens is 3. The van der Waals surface area contributed by atoms with Gasteiger partial charge in [0.2, 0.25) is 17.7 Å². The average Bonchev–Trinajstić information content (AvgIpc) is 3.46. The maximum absolute atomic E-state index is 13.9. The van der Waals surface area contributed by atoms with Crippen LogP contribution in [0.15, 0.2) is 24.3 Å². The topological polar surface area (TPSA) is 121 Å². The third kappa shape index (κ3) is 4.95. The number of aromatic nitrogens is 1. The van der Waals surface area contributed by atoms with Crippen molar-refractivity contribution in [2.24, 2.45) is 11.3 Å². The molecule has 204 valence electrons. The summed E-state index contributed by atoms with van der Waals surface area (Å²) < 4.78 is 32.7. The summed E-state index contributed by atoms with van der Waals surface area (Å²) in [5, 5.41) is 6.51. The number of nitrogens with one attached hydrogen (secondary N) is 3. The number of fused-ring (bicyclic) bond motifs is 1. The summed E-state index contributed by atoms with van der Waals surface area (Å²) in [6, 6.07) is 4.60. The van der Waals surface area contributed by atoms with Crippen LogP contribution in [0, 0.1) is 11.3 Å². The van der Waals surface area contributed by atoms with Crippen LogP contribution in [-0.4, -0.2) is 71.8 Å². The smallest absolute Gasteiger partial charge is 0.328 e. The minimum Gasteiger partial charge on any atom is -0.467 e. The summed E-state index contributed by atoms with van der Waals surface area (Å²) in [5.74, 6) is -5.43. The van der Waals surface area contributed by atoms with Gasteiger partial charge >= 0.3 is 5.97 Å². The van der Waals surface area contributed by atoms with E-state index in [9.17, 15) is 28.0 Å². The lowest BCUT2D eigenvalue weighted by Gasteiger charge is -2.44. The summed E-state index contributed by atoms with van der Waals surface area (Å²) in [6.45, 7) is 0.534. The van der Waals surface area contributed by atoms with Crippen molar-refractivity contribution in [2.45, 2.75) is 56.5 Å². The van der Waals surface area contributed by atoms with Crippen molar-refractivity contribution in [3.63, 3.8) is 0 Å². The first-order valence-corrected chi connectivity index (χ1v) is 13.0. The van der Waals surface area contributed by atoms with E-state index >= 15 is 0 Å². The number of aromatic amines is 1. The molecular weight excluding hydrogens is 522 g/mol. The molecule has 12 heteroatoms. The number of benzene rings is 1. The number of rotatable bonds is 6. The van der Waals surface area contributed by atoms with Gasteiger partial charge in [-0.3, -0.25) is 14.4 Å². The predicted octanol–water partition coefficient (Wildman–Crippen LogP) is 3.03. The maximum Gasteiger partial charge on any atom is 0.328 e. The molecule has 3 amide bonds. The first-order valence-electron chi connectivity index (χ1n) is 12.6. The zero-order chi connectivity index (χ0) is 27.2. The molecule has 1 aromatic carbocycles. The summed E-state index contributed by atoms with van der Waals surface area (Å²) in [5.41, 5.74) is -0.161. The Morgan fingerprint density at radius 1 is 1.29 bits per heavy atom. The van der Waals surface area contributed by atoms with Crippen molar-refractivity contribution in [1.82, 2.24) is 20.5 Å². The van der Waals surface area contributed by atoms with Gasteiger partial charge in [0.25, 0.3) is 5.91 Å². The van der Waals surface area contributed by atoms with E-state index < -0.39 is 60.0 Å². The molecule has 1 spiro atoms. The first kappa shape index (κ1) is 26.4. The van der Waals surface area contributed by atoms with Crippen molar-refractivity contribution >= 4 is 46.2 Å². The number of piperidine rings is 1. The number of ether oxygens (including phenoxy) is 1. The van der Waals surface area contributed by atoms with E-state index in [2.05, 4.69) is 15.6 Å². The van der Waals surface area contributed by atoms with Crippen molar-refractivity contribution in [2.75, 3.05) is 20.2 Å². The number of likely N-dealkylation sites (tertiary alicyclic amines) is 1. The van der Waals surface area contributed by atoms with E-state index in [4.69, 9.17) is 16.3 Å². The number of H-pyrrole nitrogens is 1. The summed E-state index contributed by atoms with van der Waals surface area (Å²) in [7, 11) is 1.18. The van der Waals surface area contributed by atoms with Gasteiger partial charge in [-0.15, -0.1) is 0 Å². The van der Waals surface area contributed by atoms with Crippen molar-refractivity contribution in [1.29, 1.82) is 0 Å². The molecular formula is C26H29ClF2N4O5. The van der Waals surface area contributed by atoms with Crippen LogP contribution in [0.1, 0.15) is 49.0 Å². The molecule has 1 aliphatic carbocycles. The Morgan fingerprint density at radius 3 is 2.71 bits per heavy atom. The van der Waals surface area contributed by atoms with E-state index in [-0.39, 0.29) is 31.0 Å². The third-order valence-corrected chi connectivity index (χ3v) is 8.21. The second-order valence-electron chi connectivity index (χ2n) is 10.7. The first-order chi connectivity index (χ1) is 18.0. The summed E-state index contributed by atoms with van der Waals surface area (Å²) >= 11 is 6.24. The van der Waals surface area contributed by atoms with Crippen LogP contribution in [0.25, 0.3) is 10.9 Å². The van der Waals surface area contributed by atoms with Crippen LogP contribution in [0.5, 0.6) is 0 Å². The normalized spacial score (nSPS) is 24.5. The molecule has 1 aromatic heterocycles. The minimum atomic E-state index is -2.85. The SMILES string of the molecule is COC(=O)[C@H](C[C@@H]1CCCNC1=O)NC(=O)C1CC2(CN1C(=O)c1cc3cccc(Cl)c3[nH]1)CC(F)(F)C2. The van der Waals surface area contributed by atoms with Crippen LogP contribution in [0.2, 0.25) is 5.02 Å². The standard InChI is InChI=1S/C26H29ClF2N4O5/c1-38-24(37)18(9-15-5-3-7-30-21(15)34)32-22(35)19-10-25(11-26(28,29)12-25)13-33(19)23(36)17-8-14-4-2-6-16(27)20(14)31-17/h2,4,6,8,15,18-19,31H,3,5,7,9-13H2,1H3,(H,30,34)(H,32,35)/t15-,18-,19?/m0/s1. The van der Waals surface area contributed by atoms with Crippen LogP contribution < -0.4 is 10.6 Å². The second-order valence-corrected chi connectivity index (χ2v) is 11.1. The van der Waals surface area contributed by atoms with Crippen molar-refractivity contribution in [3.8, 4) is 0 Å². The highest BCUT2D eigenvalue weighted by molar-refractivity contribution is 6.35. The Labute approximate surface area is 222 Å². The Hall–Kier alpha value is -3.21. The van der Waals surface area contributed by atoms with Gasteiger partial charge in [-0.25, -0.2) is 13.6 Å². The van der Waals surface area contributed by atoms with E-state index in [1.807, 2.05) is 0 Å². The van der Waals surface area contributed by atoms with Gasteiger partial charge in [-0.2, -0.15) is 0 Å². The van der Waals surface area contributed by atoms with E-state index in [0.717, 1.165) is 6.42 Å². The van der Waals surface area contributed by atoms with E-state index in [1.54, 1.807) is 24.3 Å². The Bertz CT molecular complexity index is 1290. The fourth-order valence-corrected chi connectivity index (χ4v) is 6.39. The Morgan fingerprint density at radius 2 is 2.05 bits per heavy atom. The lowest BCUT2D eigenvalue weighted by molar-refractivity contribution is -0.156. The molecule has 3 heterocycles. The monoisotopic (exact) mass is 550 g/mol. The fourth-order valence-electron chi connectivity index (χ4n) is 6.16. The molecule has 0 radical (unpaired) electrons. The largest absolute Gasteiger partial charge is 0.467 e. The lowest BCUT2D eigenvalue weighted by atomic mass is 9.65. The van der Waals surface area contributed by atoms with Crippen LogP contribution in [-0.2, 0) is 19.1 Å². The number of hydrogen-bond donors (Lipinski definition) is 3. The van der Waals surface area contributed by atoms with Gasteiger partial charge < -0.3 is 25.3 Å². The van der Waals surface area contributed by atoms with Gasteiger partial charge in [0.1, 0.15) is 17.8 Å². The minimum absolute atomic E-state index is 0.0173. The number of carbonyl (C=O) groups is 4. The molecule has 2 aliphatic heterocycles. The molecule has 2 aromatic rings. The van der Waals surface area contributed by atoms with Gasteiger partial charge in [-0.05, 0) is 37.8 Å². The number of hydrogen-bond acceptors (Lipinski definition) is 5. The zero-order valence-corrected chi connectivity index (χ0v) is 21.6. The fraction of sp³-hybridized carbons (Fsp3) is 0.538. The van der Waals surface area contributed by atoms with Crippen molar-refractivity contribution < 1.29 is 32.7 Å². The molecule has 3 N–H and O–H groups in total. The average molecular weight is 551 g/mol. The quantitative estimate of drug-likeness (QED) is 0.478. The van der Waals surface area contributed by atoms with Crippen LogP contribution in [0.3, 0.4) is 0 Å². The molecule has 1 unspecified atom stereocenters. The molecule has 2 saturated heterocycles. The number of para-hydroxylation sites is 1. The Balaban J connectivity index is 1.39. The molecule has 0 bridgehead atoms. The molecule has 3 atom stereocenters. The second kappa shape index (κ2) is 9.83. The molecule has 3 aliphatic rings. The van der Waals surface area contributed by atoms with Crippen LogP contribution >= 0.6 is 11.6 Å². The summed E-state index contributed by atoms with van der Waals surface area (Å²) in [4.78, 5) is 56.2. The van der Waals surface area contributed by atoms with Gasteiger partial charge in [0, 0.05) is 42.7 Å². The van der Waals surface area contributed by atoms with Gasteiger partial charge in [0.15, 0.2) is 0 Å². The van der Waals surface area contributed by atoms with Crippen molar-refractivity contribution in [3.05, 3.63) is 35.0 Å². The van der Waals surface area contributed by atoms with Gasteiger partial charge in [-0.1, -0.05) is 23.7 Å². The third-order valence-electron chi connectivity index (χ3n) is 7.90. The predicted molar refractivity (Wildman–Crippen MR) is 134 cm³/mol. The van der Waals surface area contributed by atoms with E-state index in [1.165, 1.54) is 12.0 Å². The maximum atomic E-state index is 13.9.